The molecular formula is C18H18N2O3S. The van der Waals surface area contributed by atoms with E-state index in [1.807, 2.05) is 36.4 Å². The maximum absolute atomic E-state index is 12.5. The highest BCUT2D eigenvalue weighted by Crippen LogP contribution is 2.26. The highest BCUT2D eigenvalue weighted by atomic mass is 32.1. The van der Waals surface area contributed by atoms with Crippen molar-refractivity contribution in [3.05, 3.63) is 52.9 Å². The summed E-state index contributed by atoms with van der Waals surface area (Å²) in [5.41, 5.74) is 0.334. The van der Waals surface area contributed by atoms with E-state index in [0.29, 0.717) is 10.6 Å². The van der Waals surface area contributed by atoms with Gasteiger partial charge in [-0.2, -0.15) is 5.26 Å². The van der Waals surface area contributed by atoms with Crippen molar-refractivity contribution in [3.8, 4) is 6.07 Å². The zero-order valence-electron chi connectivity index (χ0n) is 13.7. The van der Waals surface area contributed by atoms with Crippen molar-refractivity contribution in [1.82, 2.24) is 0 Å². The maximum Gasteiger partial charge on any atom is 0.316 e. The third-order valence-electron chi connectivity index (χ3n) is 3.68. The van der Waals surface area contributed by atoms with Crippen LogP contribution in [0.3, 0.4) is 0 Å². The van der Waals surface area contributed by atoms with E-state index in [4.69, 9.17) is 10.00 Å². The predicted octanol–water partition coefficient (Wildman–Crippen LogP) is 3.47. The molecule has 0 saturated carbocycles. The van der Waals surface area contributed by atoms with Crippen LogP contribution in [-0.2, 0) is 19.7 Å². The Hall–Kier alpha value is -2.65. The van der Waals surface area contributed by atoms with Gasteiger partial charge in [0.1, 0.15) is 11.1 Å². The minimum atomic E-state index is -0.964. The van der Waals surface area contributed by atoms with Gasteiger partial charge >= 0.3 is 5.97 Å². The van der Waals surface area contributed by atoms with Crippen molar-refractivity contribution in [2.24, 2.45) is 0 Å². The molecule has 0 bridgehead atoms. The number of hydrogen-bond acceptors (Lipinski definition) is 5. The van der Waals surface area contributed by atoms with Crippen LogP contribution in [0.5, 0.6) is 0 Å². The van der Waals surface area contributed by atoms with Crippen molar-refractivity contribution < 1.29 is 14.3 Å². The molecule has 6 heteroatoms. The first kappa shape index (κ1) is 17.7. The fourth-order valence-corrected chi connectivity index (χ4v) is 2.78. The lowest BCUT2D eigenvalue weighted by atomic mass is 9.85. The second-order valence-electron chi connectivity index (χ2n) is 5.80. The van der Waals surface area contributed by atoms with E-state index in [1.165, 1.54) is 18.3 Å². The van der Waals surface area contributed by atoms with Crippen molar-refractivity contribution in [2.45, 2.75) is 32.3 Å². The number of nitrogens with one attached hydrogen (secondary N) is 1. The summed E-state index contributed by atoms with van der Waals surface area (Å²) in [5, 5.41) is 13.7. The van der Waals surface area contributed by atoms with Gasteiger partial charge in [0.15, 0.2) is 6.10 Å². The lowest BCUT2D eigenvalue weighted by Gasteiger charge is -2.25. The van der Waals surface area contributed by atoms with E-state index in [2.05, 4.69) is 5.32 Å². The molecule has 1 atom stereocenters. The molecule has 1 N–H and O–H groups in total. The average Bonchev–Trinajstić information content (AvgIpc) is 3.02. The predicted molar refractivity (Wildman–Crippen MR) is 92.7 cm³/mol. The summed E-state index contributed by atoms with van der Waals surface area (Å²) in [6, 6.07) is 12.9. The number of amides is 1. The number of ether oxygens (including phenoxy) is 1. The van der Waals surface area contributed by atoms with Crippen LogP contribution in [0, 0.1) is 11.3 Å². The van der Waals surface area contributed by atoms with Crippen molar-refractivity contribution >= 4 is 28.2 Å². The molecule has 24 heavy (non-hydrogen) atoms. The lowest BCUT2D eigenvalue weighted by Crippen LogP contribution is -2.37. The minimum Gasteiger partial charge on any atom is -0.452 e. The van der Waals surface area contributed by atoms with Gasteiger partial charge in [-0.05, 0) is 37.8 Å². The fraction of sp³-hybridized carbons (Fsp3) is 0.278. The minimum absolute atomic E-state index is 0.386. The molecule has 1 aromatic heterocycles. The Kier molecular flexibility index (Phi) is 5.37. The van der Waals surface area contributed by atoms with E-state index in [-0.39, 0.29) is 0 Å². The summed E-state index contributed by atoms with van der Waals surface area (Å²) >= 11 is 1.25. The van der Waals surface area contributed by atoms with Gasteiger partial charge in [-0.1, -0.05) is 30.3 Å². The van der Waals surface area contributed by atoms with E-state index in [0.717, 1.165) is 5.56 Å². The van der Waals surface area contributed by atoms with Gasteiger partial charge in [-0.25, -0.2) is 0 Å². The smallest absolute Gasteiger partial charge is 0.316 e. The first-order valence-corrected chi connectivity index (χ1v) is 8.29. The van der Waals surface area contributed by atoms with Crippen LogP contribution in [0.15, 0.2) is 41.8 Å². The Morgan fingerprint density at radius 2 is 1.92 bits per heavy atom. The van der Waals surface area contributed by atoms with Gasteiger partial charge in [0.2, 0.25) is 0 Å². The third kappa shape index (κ3) is 3.81. The van der Waals surface area contributed by atoms with Crippen LogP contribution < -0.4 is 5.32 Å². The molecule has 0 saturated heterocycles. The Morgan fingerprint density at radius 3 is 2.54 bits per heavy atom. The number of carbonyl (C=O) groups excluding carboxylic acids is 2. The number of rotatable bonds is 5. The largest absolute Gasteiger partial charge is 0.452 e. The van der Waals surface area contributed by atoms with Crippen LogP contribution >= 0.6 is 11.3 Å². The standard InChI is InChI=1S/C18H18N2O3S/c1-12(15(21)20-16-13(11-19)9-10-24-16)23-17(22)18(2,3)14-7-5-4-6-8-14/h4-10,12H,1-3H3,(H,20,21)/t12-/m0/s1. The molecule has 124 valence electrons. The number of nitrogens with zero attached hydrogens (tertiary/aromatic N) is 1. The van der Waals surface area contributed by atoms with Gasteiger partial charge in [-0.3, -0.25) is 9.59 Å². The summed E-state index contributed by atoms with van der Waals surface area (Å²) in [4.78, 5) is 24.6. The molecule has 0 unspecified atom stereocenters. The number of hydrogen-bond donors (Lipinski definition) is 1. The number of anilines is 1. The Balaban J connectivity index is 2.03. The van der Waals surface area contributed by atoms with Gasteiger partial charge in [0, 0.05) is 0 Å². The van der Waals surface area contributed by atoms with E-state index < -0.39 is 23.4 Å². The van der Waals surface area contributed by atoms with Crippen LogP contribution in [-0.4, -0.2) is 18.0 Å². The van der Waals surface area contributed by atoms with Crippen LogP contribution in [0.4, 0.5) is 5.00 Å². The average molecular weight is 342 g/mol. The van der Waals surface area contributed by atoms with E-state index >= 15 is 0 Å². The molecule has 0 radical (unpaired) electrons. The molecular weight excluding hydrogens is 324 g/mol. The Labute approximate surface area is 144 Å². The molecule has 1 heterocycles. The summed E-state index contributed by atoms with van der Waals surface area (Å²) in [5.74, 6) is -0.950. The third-order valence-corrected chi connectivity index (χ3v) is 4.51. The normalized spacial score (nSPS) is 12.1. The van der Waals surface area contributed by atoms with Crippen molar-refractivity contribution in [2.75, 3.05) is 5.32 Å². The monoisotopic (exact) mass is 342 g/mol. The quantitative estimate of drug-likeness (QED) is 0.844. The zero-order valence-corrected chi connectivity index (χ0v) is 14.5. The second kappa shape index (κ2) is 7.28. The summed E-state index contributed by atoms with van der Waals surface area (Å²) in [6.07, 6.45) is -0.964. The molecule has 0 aliphatic rings. The van der Waals surface area contributed by atoms with Crippen LogP contribution in [0.2, 0.25) is 0 Å². The Bertz CT molecular complexity index is 775. The first-order valence-electron chi connectivity index (χ1n) is 7.41. The first-order chi connectivity index (χ1) is 11.4. The number of nitriles is 1. The number of benzene rings is 1. The van der Waals surface area contributed by atoms with Crippen LogP contribution in [0.25, 0.3) is 0 Å². The Morgan fingerprint density at radius 1 is 1.25 bits per heavy atom. The highest BCUT2D eigenvalue weighted by Gasteiger charge is 2.33. The molecule has 2 aromatic rings. The second-order valence-corrected chi connectivity index (χ2v) is 6.72. The molecule has 0 aliphatic heterocycles. The van der Waals surface area contributed by atoms with E-state index in [9.17, 15) is 9.59 Å². The molecule has 0 fully saturated rings. The van der Waals surface area contributed by atoms with Gasteiger partial charge < -0.3 is 10.1 Å². The topological polar surface area (TPSA) is 79.2 Å². The fourth-order valence-electron chi connectivity index (χ4n) is 2.04. The molecule has 0 spiro atoms. The number of carbonyl (C=O) groups is 2. The molecule has 1 amide bonds. The number of thiophene rings is 1. The maximum atomic E-state index is 12.5. The van der Waals surface area contributed by atoms with E-state index in [1.54, 1.807) is 25.3 Å². The molecule has 0 aliphatic carbocycles. The van der Waals surface area contributed by atoms with Crippen molar-refractivity contribution in [1.29, 1.82) is 5.26 Å². The highest BCUT2D eigenvalue weighted by molar-refractivity contribution is 7.14. The SMILES string of the molecule is C[C@H](OC(=O)C(C)(C)c1ccccc1)C(=O)Nc1sccc1C#N. The summed E-state index contributed by atoms with van der Waals surface area (Å²) in [6.45, 7) is 5.01. The summed E-state index contributed by atoms with van der Waals surface area (Å²) < 4.78 is 5.32. The van der Waals surface area contributed by atoms with Crippen LogP contribution in [0.1, 0.15) is 31.9 Å². The lowest BCUT2D eigenvalue weighted by molar-refractivity contribution is -0.158. The molecule has 5 nitrogen and oxygen atoms in total. The van der Waals surface area contributed by atoms with Gasteiger partial charge in [0.05, 0.1) is 11.0 Å². The van der Waals surface area contributed by atoms with Gasteiger partial charge in [0.25, 0.3) is 5.91 Å². The summed E-state index contributed by atoms with van der Waals surface area (Å²) in [7, 11) is 0. The van der Waals surface area contributed by atoms with Gasteiger partial charge in [-0.15, -0.1) is 11.3 Å². The molecule has 1 aromatic carbocycles. The van der Waals surface area contributed by atoms with Crippen molar-refractivity contribution in [3.63, 3.8) is 0 Å². The zero-order chi connectivity index (χ0) is 17.7. The number of esters is 1. The molecule has 2 rings (SSSR count).